The number of hydrogen-bond acceptors (Lipinski definition) is 3. The molecule has 1 saturated heterocycles. The van der Waals surface area contributed by atoms with Crippen molar-refractivity contribution in [2.24, 2.45) is 0 Å². The van der Waals surface area contributed by atoms with Crippen LogP contribution in [0.4, 0.5) is 5.69 Å². The van der Waals surface area contributed by atoms with E-state index < -0.39 is 0 Å². The Kier molecular flexibility index (Phi) is 6.07. The van der Waals surface area contributed by atoms with Gasteiger partial charge in [0.2, 0.25) is 0 Å². The maximum absolute atomic E-state index is 12.3. The fraction of sp³-hybridized carbons (Fsp3) is 0.278. The molecule has 0 aliphatic carbocycles. The number of nitrogens with one attached hydrogen (secondary N) is 1. The molecule has 0 radical (unpaired) electrons. The highest BCUT2D eigenvalue weighted by Gasteiger charge is 2.16. The van der Waals surface area contributed by atoms with Crippen LogP contribution >= 0.6 is 34.8 Å². The van der Waals surface area contributed by atoms with Crippen LogP contribution in [0.5, 0.6) is 5.75 Å². The number of benzene rings is 2. The first-order valence-electron chi connectivity index (χ1n) is 7.83. The zero-order valence-electron chi connectivity index (χ0n) is 13.2. The van der Waals surface area contributed by atoms with E-state index in [1.165, 1.54) is 12.1 Å². The van der Waals surface area contributed by atoms with Gasteiger partial charge in [-0.2, -0.15) is 0 Å². The van der Waals surface area contributed by atoms with Gasteiger partial charge in [0.1, 0.15) is 12.4 Å². The van der Waals surface area contributed by atoms with E-state index in [0.717, 1.165) is 19.4 Å². The third-order valence-corrected chi connectivity index (χ3v) is 4.87. The summed E-state index contributed by atoms with van der Waals surface area (Å²) >= 11 is 17.9. The van der Waals surface area contributed by atoms with E-state index in [9.17, 15) is 4.79 Å². The summed E-state index contributed by atoms with van der Waals surface area (Å²) in [7, 11) is 0. The Balaban J connectivity index is 1.61. The first kappa shape index (κ1) is 18.3. The van der Waals surface area contributed by atoms with Crippen molar-refractivity contribution in [2.45, 2.75) is 18.9 Å². The molecule has 1 atom stereocenters. The predicted molar refractivity (Wildman–Crippen MR) is 100 cm³/mol. The molecule has 1 unspecified atom stereocenters. The van der Waals surface area contributed by atoms with E-state index >= 15 is 0 Å². The second kappa shape index (κ2) is 8.28. The lowest BCUT2D eigenvalue weighted by Gasteiger charge is -2.12. The van der Waals surface area contributed by atoms with Gasteiger partial charge in [-0.05, 0) is 49.2 Å². The lowest BCUT2D eigenvalue weighted by atomic mass is 10.2. The van der Waals surface area contributed by atoms with Crippen LogP contribution in [-0.4, -0.2) is 25.2 Å². The Morgan fingerprint density at radius 1 is 1.12 bits per heavy atom. The normalized spacial score (nSPS) is 16.7. The lowest BCUT2D eigenvalue weighted by molar-refractivity contribution is 0.0679. The molecule has 0 bridgehead atoms. The van der Waals surface area contributed by atoms with Crippen molar-refractivity contribution in [3.8, 4) is 5.75 Å². The van der Waals surface area contributed by atoms with E-state index in [-0.39, 0.29) is 12.0 Å². The van der Waals surface area contributed by atoms with E-state index in [1.54, 1.807) is 24.3 Å². The van der Waals surface area contributed by atoms with Gasteiger partial charge >= 0.3 is 0 Å². The largest absolute Gasteiger partial charge is 0.491 e. The van der Waals surface area contributed by atoms with Crippen molar-refractivity contribution in [1.29, 1.82) is 0 Å². The average molecular weight is 401 g/mol. The molecule has 1 aliphatic heterocycles. The van der Waals surface area contributed by atoms with Crippen molar-refractivity contribution in [2.75, 3.05) is 18.5 Å². The van der Waals surface area contributed by atoms with E-state index in [1.807, 2.05) is 0 Å². The second-order valence-electron chi connectivity index (χ2n) is 5.67. The molecule has 0 saturated carbocycles. The van der Waals surface area contributed by atoms with Crippen LogP contribution in [0, 0.1) is 0 Å². The summed E-state index contributed by atoms with van der Waals surface area (Å²) in [6.07, 6.45) is 2.25. The molecule has 2 aromatic rings. The SMILES string of the molecule is O=C(Nc1cc(Cl)c(Cl)cc1Cl)c1ccc(OCC2CCCO2)cc1. The Bertz CT molecular complexity index is 759. The van der Waals surface area contributed by atoms with Crippen LogP contribution < -0.4 is 10.1 Å². The van der Waals surface area contributed by atoms with Gasteiger partial charge in [0.15, 0.2) is 0 Å². The third kappa shape index (κ3) is 4.79. The zero-order chi connectivity index (χ0) is 17.8. The van der Waals surface area contributed by atoms with E-state index in [0.29, 0.717) is 38.7 Å². The Hall–Kier alpha value is -1.46. The van der Waals surface area contributed by atoms with Crippen molar-refractivity contribution in [3.05, 3.63) is 57.0 Å². The van der Waals surface area contributed by atoms with E-state index in [4.69, 9.17) is 44.3 Å². The number of ether oxygens (including phenoxy) is 2. The molecule has 0 spiro atoms. The maximum Gasteiger partial charge on any atom is 0.255 e. The first-order valence-corrected chi connectivity index (χ1v) is 8.96. The molecule has 1 aliphatic rings. The number of amides is 1. The second-order valence-corrected chi connectivity index (χ2v) is 6.89. The molecule has 1 fully saturated rings. The summed E-state index contributed by atoms with van der Waals surface area (Å²) in [5.74, 6) is 0.394. The van der Waals surface area contributed by atoms with Crippen molar-refractivity contribution < 1.29 is 14.3 Å². The highest BCUT2D eigenvalue weighted by Crippen LogP contribution is 2.32. The summed E-state index contributed by atoms with van der Waals surface area (Å²) in [5, 5.41) is 3.68. The average Bonchev–Trinajstić information content (AvgIpc) is 3.12. The molecule has 3 rings (SSSR count). The fourth-order valence-corrected chi connectivity index (χ4v) is 3.07. The number of anilines is 1. The number of halogens is 3. The lowest BCUT2D eigenvalue weighted by Crippen LogP contribution is -2.16. The molecular formula is C18H16Cl3NO3. The van der Waals surface area contributed by atoms with Gasteiger partial charge in [0.05, 0.1) is 26.9 Å². The standard InChI is InChI=1S/C18H16Cl3NO3/c19-14-8-16(21)17(9-15(14)20)22-18(23)11-3-5-12(6-4-11)25-10-13-2-1-7-24-13/h3-6,8-9,13H,1-2,7,10H2,(H,22,23). The van der Waals surface area contributed by atoms with Gasteiger partial charge in [-0.1, -0.05) is 34.8 Å². The Morgan fingerprint density at radius 2 is 1.84 bits per heavy atom. The van der Waals surface area contributed by atoms with Crippen LogP contribution in [-0.2, 0) is 4.74 Å². The van der Waals surface area contributed by atoms with Crippen molar-refractivity contribution in [3.63, 3.8) is 0 Å². The number of carbonyl (C=O) groups is 1. The van der Waals surface area contributed by atoms with Gasteiger partial charge in [-0.25, -0.2) is 0 Å². The monoisotopic (exact) mass is 399 g/mol. The Labute approximate surface area is 161 Å². The molecule has 132 valence electrons. The molecule has 1 heterocycles. The van der Waals surface area contributed by atoms with Gasteiger partial charge in [-0.15, -0.1) is 0 Å². The third-order valence-electron chi connectivity index (χ3n) is 3.83. The first-order chi connectivity index (χ1) is 12.0. The fourth-order valence-electron chi connectivity index (χ4n) is 2.48. The molecule has 1 N–H and O–H groups in total. The summed E-state index contributed by atoms with van der Waals surface area (Å²) < 4.78 is 11.2. The molecule has 7 heteroatoms. The number of carbonyl (C=O) groups excluding carboxylic acids is 1. The Morgan fingerprint density at radius 3 is 2.52 bits per heavy atom. The van der Waals surface area contributed by atoms with Crippen LogP contribution in [0.3, 0.4) is 0 Å². The smallest absolute Gasteiger partial charge is 0.255 e. The summed E-state index contributed by atoms with van der Waals surface area (Å²) in [4.78, 5) is 12.3. The summed E-state index contributed by atoms with van der Waals surface area (Å²) in [5.41, 5.74) is 0.881. The minimum atomic E-state index is -0.300. The van der Waals surface area contributed by atoms with Gasteiger partial charge < -0.3 is 14.8 Å². The van der Waals surface area contributed by atoms with Crippen molar-refractivity contribution >= 4 is 46.4 Å². The predicted octanol–water partition coefficient (Wildman–Crippen LogP) is 5.46. The van der Waals surface area contributed by atoms with Gasteiger partial charge in [-0.3, -0.25) is 4.79 Å². The van der Waals surface area contributed by atoms with E-state index in [2.05, 4.69) is 5.32 Å². The minimum absolute atomic E-state index is 0.153. The zero-order valence-corrected chi connectivity index (χ0v) is 15.5. The summed E-state index contributed by atoms with van der Waals surface area (Å²) in [6.45, 7) is 1.31. The number of rotatable bonds is 5. The van der Waals surface area contributed by atoms with Crippen LogP contribution in [0.15, 0.2) is 36.4 Å². The van der Waals surface area contributed by atoms with Crippen LogP contribution in [0.1, 0.15) is 23.2 Å². The maximum atomic E-state index is 12.3. The summed E-state index contributed by atoms with van der Waals surface area (Å²) in [6, 6.07) is 9.88. The molecule has 25 heavy (non-hydrogen) atoms. The molecule has 1 amide bonds. The van der Waals surface area contributed by atoms with Crippen molar-refractivity contribution in [1.82, 2.24) is 0 Å². The highest BCUT2D eigenvalue weighted by molar-refractivity contribution is 6.44. The number of hydrogen-bond donors (Lipinski definition) is 1. The quantitative estimate of drug-likeness (QED) is 0.678. The molecular weight excluding hydrogens is 385 g/mol. The molecule has 0 aromatic heterocycles. The van der Waals surface area contributed by atoms with Gasteiger partial charge in [0, 0.05) is 12.2 Å². The highest BCUT2D eigenvalue weighted by atomic mass is 35.5. The molecule has 2 aromatic carbocycles. The minimum Gasteiger partial charge on any atom is -0.491 e. The van der Waals surface area contributed by atoms with Crippen LogP contribution in [0.25, 0.3) is 0 Å². The molecule has 4 nitrogen and oxygen atoms in total. The van der Waals surface area contributed by atoms with Gasteiger partial charge in [0.25, 0.3) is 5.91 Å². The van der Waals surface area contributed by atoms with Crippen LogP contribution in [0.2, 0.25) is 15.1 Å². The topological polar surface area (TPSA) is 47.6 Å².